The number of azo groups is 1. The molecular formula is C23H24ClFN8O5. The number of amidine groups is 1. The van der Waals surface area contributed by atoms with E-state index in [9.17, 15) is 9.90 Å². The number of carbonyl (C=O) groups is 1. The van der Waals surface area contributed by atoms with E-state index in [4.69, 9.17) is 31.5 Å². The normalized spacial score (nSPS) is 24.5. The van der Waals surface area contributed by atoms with Gasteiger partial charge in [0.1, 0.15) is 17.7 Å². The third-order valence-electron chi connectivity index (χ3n) is 6.19. The van der Waals surface area contributed by atoms with Crippen LogP contribution in [-0.2, 0) is 25.4 Å². The number of aliphatic imine (C=N–C) groups is 1. The number of hydrogen-bond acceptors (Lipinski definition) is 12. The molecule has 1 unspecified atom stereocenters. The van der Waals surface area contributed by atoms with Crippen molar-refractivity contribution in [2.75, 3.05) is 25.6 Å². The van der Waals surface area contributed by atoms with E-state index in [0.29, 0.717) is 0 Å². The highest BCUT2D eigenvalue weighted by molar-refractivity contribution is 6.28. The third kappa shape index (κ3) is 4.71. The monoisotopic (exact) mass is 546 g/mol. The van der Waals surface area contributed by atoms with Gasteiger partial charge in [-0.15, -0.1) is 5.11 Å². The predicted molar refractivity (Wildman–Crippen MR) is 132 cm³/mol. The number of aromatic nitrogens is 4. The van der Waals surface area contributed by atoms with Crippen molar-refractivity contribution in [1.82, 2.24) is 19.5 Å². The fourth-order valence-electron chi connectivity index (χ4n) is 4.37. The first-order valence-electron chi connectivity index (χ1n) is 11.7. The van der Waals surface area contributed by atoms with Gasteiger partial charge in [-0.2, -0.15) is 15.1 Å². The van der Waals surface area contributed by atoms with Gasteiger partial charge in [0.2, 0.25) is 10.9 Å². The van der Waals surface area contributed by atoms with E-state index < -0.39 is 42.8 Å². The number of imidazole rings is 1. The van der Waals surface area contributed by atoms with Crippen molar-refractivity contribution in [3.05, 3.63) is 47.5 Å². The standard InChI is InChI=1S/C23H24ClFN8O5/c1-2-36-21(35)23(20-27-10-29-32-20,8-12-6-4-3-5-7-12)37-9-13-16(34)14(25)19(38-13)33-11-28-15-17(26)30-22(24)31-18(15)33/h3-7,11,13-14,16,19,34H,2,8-10H2,1H3,(H2,26,30,31)/t13-,14+,16-,19-,23?/m1/s1. The molecule has 0 amide bonds. The van der Waals surface area contributed by atoms with Gasteiger partial charge in [-0.25, -0.2) is 19.2 Å². The maximum absolute atomic E-state index is 15.3. The summed E-state index contributed by atoms with van der Waals surface area (Å²) < 4.78 is 33.9. The Labute approximate surface area is 220 Å². The molecule has 0 radical (unpaired) electrons. The number of nitrogens with zero attached hydrogens (tertiary/aromatic N) is 7. The number of nitrogen functional groups attached to an aromatic ring is 1. The molecule has 0 spiro atoms. The first kappa shape index (κ1) is 26.0. The fraction of sp³-hybridized carbons (Fsp3) is 0.435. The molecule has 3 aromatic rings. The molecule has 1 aromatic carbocycles. The molecule has 15 heteroatoms. The SMILES string of the molecule is CCOC(=O)C(Cc1ccccc1)(OC[C@H]1O[C@@H](n2cnc3c(N)nc(Cl)nc32)[C@@H](F)[C@@H]1O)C1=NCN=N1. The second-order valence-corrected chi connectivity index (χ2v) is 8.93. The number of benzene rings is 1. The molecule has 2 aliphatic heterocycles. The first-order valence-corrected chi connectivity index (χ1v) is 12.1. The Balaban J connectivity index is 1.43. The maximum atomic E-state index is 15.3. The lowest BCUT2D eigenvalue weighted by Crippen LogP contribution is -2.53. The number of aliphatic hydroxyl groups is 1. The van der Waals surface area contributed by atoms with Crippen LogP contribution in [0.1, 0.15) is 18.7 Å². The van der Waals surface area contributed by atoms with Crippen LogP contribution in [0.3, 0.4) is 0 Å². The van der Waals surface area contributed by atoms with Crippen LogP contribution in [0, 0.1) is 0 Å². The Hall–Kier alpha value is -3.59. The number of nitrogens with two attached hydrogens (primary N) is 1. The predicted octanol–water partition coefficient (Wildman–Crippen LogP) is 2.04. The smallest absolute Gasteiger partial charge is 0.346 e. The summed E-state index contributed by atoms with van der Waals surface area (Å²) in [6.07, 6.45) is -4.75. The van der Waals surface area contributed by atoms with Crippen molar-refractivity contribution in [3.63, 3.8) is 0 Å². The zero-order valence-electron chi connectivity index (χ0n) is 20.1. The van der Waals surface area contributed by atoms with E-state index >= 15 is 4.39 Å². The van der Waals surface area contributed by atoms with E-state index in [1.54, 1.807) is 19.1 Å². The summed E-state index contributed by atoms with van der Waals surface area (Å²) in [7, 11) is 0. The largest absolute Gasteiger partial charge is 0.463 e. The van der Waals surface area contributed by atoms with E-state index in [0.717, 1.165) is 5.56 Å². The van der Waals surface area contributed by atoms with Crippen LogP contribution >= 0.6 is 11.6 Å². The van der Waals surface area contributed by atoms with E-state index in [-0.39, 0.29) is 47.8 Å². The molecule has 2 aliphatic rings. The molecular weight excluding hydrogens is 523 g/mol. The number of carbonyl (C=O) groups excluding carboxylic acids is 1. The average molecular weight is 547 g/mol. The van der Waals surface area contributed by atoms with E-state index in [1.165, 1.54) is 10.9 Å². The Morgan fingerprint density at radius 3 is 2.84 bits per heavy atom. The molecule has 1 fully saturated rings. The number of hydrogen-bond donors (Lipinski definition) is 2. The highest BCUT2D eigenvalue weighted by Crippen LogP contribution is 2.36. The minimum Gasteiger partial charge on any atom is -0.463 e. The molecule has 5 atom stereocenters. The zero-order valence-corrected chi connectivity index (χ0v) is 20.9. The van der Waals surface area contributed by atoms with Crippen LogP contribution < -0.4 is 5.73 Å². The quantitative estimate of drug-likeness (QED) is 0.301. The summed E-state index contributed by atoms with van der Waals surface area (Å²) in [4.78, 5) is 29.5. The lowest BCUT2D eigenvalue weighted by Gasteiger charge is -2.31. The maximum Gasteiger partial charge on any atom is 0.346 e. The number of esters is 1. The zero-order chi connectivity index (χ0) is 26.9. The number of anilines is 1. The van der Waals surface area contributed by atoms with Gasteiger partial charge in [0, 0.05) is 6.42 Å². The Kier molecular flexibility index (Phi) is 7.29. The molecule has 0 aliphatic carbocycles. The molecule has 0 saturated carbocycles. The first-order chi connectivity index (χ1) is 18.3. The Morgan fingerprint density at radius 1 is 1.34 bits per heavy atom. The lowest BCUT2D eigenvalue weighted by atomic mass is 9.92. The highest BCUT2D eigenvalue weighted by atomic mass is 35.5. The van der Waals surface area contributed by atoms with Crippen molar-refractivity contribution >= 4 is 40.4 Å². The average Bonchev–Trinajstić information content (AvgIpc) is 3.64. The van der Waals surface area contributed by atoms with Crippen LogP contribution in [0.25, 0.3) is 11.2 Å². The third-order valence-corrected chi connectivity index (χ3v) is 6.36. The number of ether oxygens (including phenoxy) is 3. The molecule has 200 valence electrons. The lowest BCUT2D eigenvalue weighted by molar-refractivity contribution is -0.168. The van der Waals surface area contributed by atoms with Crippen LogP contribution in [0.2, 0.25) is 5.28 Å². The number of aliphatic hydroxyl groups excluding tert-OH is 1. The molecule has 38 heavy (non-hydrogen) atoms. The van der Waals surface area contributed by atoms with Crippen molar-refractivity contribution in [3.8, 4) is 0 Å². The molecule has 3 N–H and O–H groups in total. The van der Waals surface area contributed by atoms with Crippen molar-refractivity contribution in [2.24, 2.45) is 15.2 Å². The van der Waals surface area contributed by atoms with Crippen LogP contribution in [0.4, 0.5) is 10.2 Å². The summed E-state index contributed by atoms with van der Waals surface area (Å²) in [5.74, 6) is -0.714. The summed E-state index contributed by atoms with van der Waals surface area (Å²) in [6.45, 7) is 1.35. The van der Waals surface area contributed by atoms with Gasteiger partial charge in [-0.3, -0.25) is 4.57 Å². The van der Waals surface area contributed by atoms with E-state index in [2.05, 4.69) is 30.2 Å². The summed E-state index contributed by atoms with van der Waals surface area (Å²) in [5, 5.41) is 18.4. The highest BCUT2D eigenvalue weighted by Gasteiger charge is 2.52. The minimum absolute atomic E-state index is 0.0106. The second-order valence-electron chi connectivity index (χ2n) is 8.59. The molecule has 2 aromatic heterocycles. The Morgan fingerprint density at radius 2 is 2.13 bits per heavy atom. The Bertz CT molecular complexity index is 1390. The molecule has 0 bridgehead atoms. The molecule has 4 heterocycles. The summed E-state index contributed by atoms with van der Waals surface area (Å²) in [5.41, 5.74) is 5.11. The molecule has 13 nitrogen and oxygen atoms in total. The van der Waals surface area contributed by atoms with E-state index in [1.807, 2.05) is 18.2 Å². The van der Waals surface area contributed by atoms with Crippen molar-refractivity contribution < 1.29 is 28.5 Å². The van der Waals surface area contributed by atoms with Gasteiger partial charge in [0.25, 0.3) is 0 Å². The minimum atomic E-state index is -1.90. The number of alkyl halides is 1. The summed E-state index contributed by atoms with van der Waals surface area (Å²) >= 11 is 5.92. The van der Waals surface area contributed by atoms with Crippen LogP contribution in [0.5, 0.6) is 0 Å². The van der Waals surface area contributed by atoms with Crippen molar-refractivity contribution in [1.29, 1.82) is 0 Å². The number of fused-ring (bicyclic) bond motifs is 1. The van der Waals surface area contributed by atoms with Gasteiger partial charge in [0.15, 0.2) is 36.4 Å². The van der Waals surface area contributed by atoms with Gasteiger partial charge in [0.05, 0.1) is 19.5 Å². The number of rotatable bonds is 9. The van der Waals surface area contributed by atoms with Gasteiger partial charge < -0.3 is 25.1 Å². The topological polar surface area (TPSA) is 172 Å². The van der Waals surface area contributed by atoms with Gasteiger partial charge in [-0.1, -0.05) is 30.3 Å². The van der Waals surface area contributed by atoms with Gasteiger partial charge in [-0.05, 0) is 24.1 Å². The van der Waals surface area contributed by atoms with Crippen LogP contribution in [-0.4, -0.2) is 80.3 Å². The number of halogens is 2. The van der Waals surface area contributed by atoms with Crippen molar-refractivity contribution in [2.45, 2.75) is 43.6 Å². The molecule has 1 saturated heterocycles. The fourth-order valence-corrected chi connectivity index (χ4v) is 4.54. The van der Waals surface area contributed by atoms with Gasteiger partial charge >= 0.3 is 5.97 Å². The summed E-state index contributed by atoms with van der Waals surface area (Å²) in [6, 6.07) is 9.06. The second kappa shape index (κ2) is 10.6. The molecule has 5 rings (SSSR count). The van der Waals surface area contributed by atoms with Crippen LogP contribution in [0.15, 0.2) is 51.9 Å².